The van der Waals surface area contributed by atoms with Crippen LogP contribution in [0.2, 0.25) is 0 Å². The van der Waals surface area contributed by atoms with Gasteiger partial charge in [0.05, 0.1) is 17.9 Å². The number of rotatable bonds is 3. The lowest BCUT2D eigenvalue weighted by atomic mass is 10.4. The summed E-state index contributed by atoms with van der Waals surface area (Å²) in [7, 11) is 0. The van der Waals surface area contributed by atoms with Crippen LogP contribution in [-0.4, -0.2) is 9.55 Å². The van der Waals surface area contributed by atoms with Gasteiger partial charge < -0.3 is 4.57 Å². The first-order chi connectivity index (χ1) is 4.88. The Morgan fingerprint density at radius 1 is 1.70 bits per heavy atom. The summed E-state index contributed by atoms with van der Waals surface area (Å²) in [5, 5.41) is 0. The molecular weight excluding hydrogens is 148 g/mol. The van der Waals surface area contributed by atoms with Crippen molar-refractivity contribution < 1.29 is 0 Å². The first-order valence-electron chi connectivity index (χ1n) is 3.43. The van der Waals surface area contributed by atoms with Gasteiger partial charge in [-0.1, -0.05) is 6.92 Å². The number of hydrogen-bond donors (Lipinski definition) is 0. The van der Waals surface area contributed by atoms with Gasteiger partial charge in [-0.25, -0.2) is 4.98 Å². The Kier molecular flexibility index (Phi) is 2.75. The van der Waals surface area contributed by atoms with Crippen molar-refractivity contribution in [2.24, 2.45) is 0 Å². The van der Waals surface area contributed by atoms with Gasteiger partial charge in [-0.15, -0.1) is 11.6 Å². The molecule has 0 radical (unpaired) electrons. The number of imidazole rings is 1. The minimum atomic E-state index is 0.556. The van der Waals surface area contributed by atoms with Crippen molar-refractivity contribution in [1.82, 2.24) is 9.55 Å². The maximum Gasteiger partial charge on any atom is 0.0948 e. The molecule has 0 aliphatic rings. The van der Waals surface area contributed by atoms with E-state index in [1.54, 1.807) is 0 Å². The highest BCUT2D eigenvalue weighted by Gasteiger charge is 1.96. The van der Waals surface area contributed by atoms with Crippen molar-refractivity contribution in [3.05, 3.63) is 18.2 Å². The molecule has 56 valence electrons. The van der Waals surface area contributed by atoms with Gasteiger partial charge in [0.1, 0.15) is 0 Å². The third-order valence-corrected chi connectivity index (χ3v) is 1.67. The second-order valence-electron chi connectivity index (χ2n) is 2.21. The molecule has 1 aromatic rings. The Hall–Kier alpha value is -0.500. The van der Waals surface area contributed by atoms with E-state index in [1.807, 2.05) is 12.5 Å². The zero-order valence-electron chi connectivity index (χ0n) is 6.05. The van der Waals surface area contributed by atoms with Crippen molar-refractivity contribution >= 4 is 11.6 Å². The topological polar surface area (TPSA) is 17.8 Å². The fourth-order valence-electron chi connectivity index (χ4n) is 0.902. The van der Waals surface area contributed by atoms with Crippen molar-refractivity contribution in [1.29, 1.82) is 0 Å². The average Bonchev–Trinajstić information content (AvgIpc) is 2.36. The second-order valence-corrected chi connectivity index (χ2v) is 2.48. The van der Waals surface area contributed by atoms with E-state index in [-0.39, 0.29) is 0 Å². The molecule has 1 heterocycles. The molecular formula is C7H11ClN2. The summed E-state index contributed by atoms with van der Waals surface area (Å²) in [5.41, 5.74) is 1.10. The molecule has 0 saturated heterocycles. The standard InChI is InChI=1S/C7H11ClN2/c1-2-3-10-6-9-5-7(10)4-8/h5-6H,2-4H2,1H3. The lowest BCUT2D eigenvalue weighted by Crippen LogP contribution is -1.98. The van der Waals surface area contributed by atoms with E-state index in [4.69, 9.17) is 11.6 Å². The minimum absolute atomic E-state index is 0.556. The summed E-state index contributed by atoms with van der Waals surface area (Å²) < 4.78 is 2.08. The smallest absolute Gasteiger partial charge is 0.0948 e. The van der Waals surface area contributed by atoms with Gasteiger partial charge in [0.15, 0.2) is 0 Å². The lowest BCUT2D eigenvalue weighted by Gasteiger charge is -2.01. The van der Waals surface area contributed by atoms with Crippen molar-refractivity contribution in [2.75, 3.05) is 0 Å². The molecule has 0 bridgehead atoms. The molecule has 3 heteroatoms. The summed E-state index contributed by atoms with van der Waals surface area (Å²) in [6.45, 7) is 3.15. The van der Waals surface area contributed by atoms with Gasteiger partial charge in [0, 0.05) is 12.7 Å². The van der Waals surface area contributed by atoms with E-state index in [1.165, 1.54) is 0 Å². The van der Waals surface area contributed by atoms with Gasteiger partial charge in [-0.05, 0) is 6.42 Å². The Morgan fingerprint density at radius 3 is 3.10 bits per heavy atom. The molecule has 0 aliphatic carbocycles. The van der Waals surface area contributed by atoms with Crippen LogP contribution in [0, 0.1) is 0 Å². The van der Waals surface area contributed by atoms with Crippen LogP contribution in [0.15, 0.2) is 12.5 Å². The van der Waals surface area contributed by atoms with Crippen LogP contribution in [0.3, 0.4) is 0 Å². The Morgan fingerprint density at radius 2 is 2.50 bits per heavy atom. The van der Waals surface area contributed by atoms with Gasteiger partial charge in [-0.3, -0.25) is 0 Å². The van der Waals surface area contributed by atoms with Crippen LogP contribution >= 0.6 is 11.6 Å². The molecule has 0 aliphatic heterocycles. The van der Waals surface area contributed by atoms with Crippen molar-refractivity contribution in [3.8, 4) is 0 Å². The predicted octanol–water partition coefficient (Wildman–Crippen LogP) is 2.03. The highest BCUT2D eigenvalue weighted by atomic mass is 35.5. The van der Waals surface area contributed by atoms with E-state index >= 15 is 0 Å². The van der Waals surface area contributed by atoms with E-state index in [9.17, 15) is 0 Å². The number of halogens is 1. The second kappa shape index (κ2) is 3.62. The molecule has 0 spiro atoms. The summed E-state index contributed by atoms with van der Waals surface area (Å²) in [5.74, 6) is 0.556. The summed E-state index contributed by atoms with van der Waals surface area (Å²) in [6, 6.07) is 0. The van der Waals surface area contributed by atoms with Gasteiger partial charge >= 0.3 is 0 Å². The maximum atomic E-state index is 5.65. The minimum Gasteiger partial charge on any atom is -0.334 e. The highest BCUT2D eigenvalue weighted by Crippen LogP contribution is 2.03. The van der Waals surface area contributed by atoms with Crippen LogP contribution in [0.1, 0.15) is 19.0 Å². The fourth-order valence-corrected chi connectivity index (χ4v) is 1.12. The number of hydrogen-bond acceptors (Lipinski definition) is 1. The molecule has 10 heavy (non-hydrogen) atoms. The average molecular weight is 159 g/mol. The first kappa shape index (κ1) is 7.61. The van der Waals surface area contributed by atoms with Crippen LogP contribution in [0.25, 0.3) is 0 Å². The first-order valence-corrected chi connectivity index (χ1v) is 3.97. The Balaban J connectivity index is 2.70. The van der Waals surface area contributed by atoms with Crippen molar-refractivity contribution in [2.45, 2.75) is 25.8 Å². The third kappa shape index (κ3) is 1.51. The number of alkyl halides is 1. The molecule has 0 amide bonds. The molecule has 0 fully saturated rings. The zero-order valence-corrected chi connectivity index (χ0v) is 6.80. The van der Waals surface area contributed by atoms with Crippen LogP contribution in [-0.2, 0) is 12.4 Å². The van der Waals surface area contributed by atoms with E-state index in [0.717, 1.165) is 18.7 Å². The fraction of sp³-hybridized carbons (Fsp3) is 0.571. The normalized spacial score (nSPS) is 10.2. The Bertz CT molecular complexity index is 195. The maximum absolute atomic E-state index is 5.65. The van der Waals surface area contributed by atoms with E-state index in [0.29, 0.717) is 5.88 Å². The quantitative estimate of drug-likeness (QED) is 0.616. The molecule has 0 saturated carbocycles. The molecule has 2 nitrogen and oxygen atoms in total. The number of aryl methyl sites for hydroxylation is 1. The molecule has 1 rings (SSSR count). The number of aromatic nitrogens is 2. The zero-order chi connectivity index (χ0) is 7.40. The molecule has 0 unspecified atom stereocenters. The molecule has 0 N–H and O–H groups in total. The molecule has 1 aromatic heterocycles. The molecule has 0 atom stereocenters. The Labute approximate surface area is 65.8 Å². The van der Waals surface area contributed by atoms with Gasteiger partial charge in [-0.2, -0.15) is 0 Å². The lowest BCUT2D eigenvalue weighted by molar-refractivity contribution is 0.659. The van der Waals surface area contributed by atoms with Crippen LogP contribution in [0.5, 0.6) is 0 Å². The summed E-state index contributed by atoms with van der Waals surface area (Å²) >= 11 is 5.65. The van der Waals surface area contributed by atoms with Crippen LogP contribution in [0.4, 0.5) is 0 Å². The van der Waals surface area contributed by atoms with E-state index in [2.05, 4.69) is 16.5 Å². The van der Waals surface area contributed by atoms with Gasteiger partial charge in [0.2, 0.25) is 0 Å². The molecule has 0 aromatic carbocycles. The van der Waals surface area contributed by atoms with Crippen LogP contribution < -0.4 is 0 Å². The summed E-state index contributed by atoms with van der Waals surface area (Å²) in [4.78, 5) is 3.99. The highest BCUT2D eigenvalue weighted by molar-refractivity contribution is 6.16. The summed E-state index contributed by atoms with van der Waals surface area (Å²) in [6.07, 6.45) is 4.75. The SMILES string of the molecule is CCCn1cncc1CCl. The number of nitrogens with zero attached hydrogens (tertiary/aromatic N) is 2. The van der Waals surface area contributed by atoms with E-state index < -0.39 is 0 Å². The predicted molar refractivity (Wildman–Crippen MR) is 42.1 cm³/mol. The van der Waals surface area contributed by atoms with Crippen molar-refractivity contribution in [3.63, 3.8) is 0 Å². The van der Waals surface area contributed by atoms with Gasteiger partial charge in [0.25, 0.3) is 0 Å². The monoisotopic (exact) mass is 158 g/mol. The largest absolute Gasteiger partial charge is 0.334 e. The third-order valence-electron chi connectivity index (χ3n) is 1.40.